The quantitative estimate of drug-likeness (QED) is 0.537. The molecule has 4 nitrogen and oxygen atoms in total. The number of carbonyl (C=O) groups is 1. The maximum absolute atomic E-state index is 14.8. The van der Waals surface area contributed by atoms with Crippen LogP contribution in [0.2, 0.25) is 0 Å². The van der Waals surface area contributed by atoms with Crippen molar-refractivity contribution in [2.75, 3.05) is 17.7 Å². The molecule has 162 valence electrons. The Morgan fingerprint density at radius 2 is 1.56 bits per heavy atom. The maximum Gasteiger partial charge on any atom is 0.163 e. The van der Waals surface area contributed by atoms with Crippen molar-refractivity contribution in [3.63, 3.8) is 0 Å². The van der Waals surface area contributed by atoms with Gasteiger partial charge in [0, 0.05) is 17.7 Å². The van der Waals surface area contributed by atoms with Gasteiger partial charge in [-0.25, -0.2) is 8.78 Å². The number of allylic oxidation sites excluding steroid dienone is 1. The van der Waals surface area contributed by atoms with Crippen LogP contribution in [-0.2, 0) is 4.79 Å². The number of hydrogen-bond donors (Lipinski definition) is 2. The molecule has 0 fully saturated rings. The molecule has 2 aliphatic rings. The summed E-state index contributed by atoms with van der Waals surface area (Å²) >= 11 is 0. The SMILES string of the molecule is COc1ccc(C2CC(=O)C3=C(C2)Nc2ccccc2NC3c2c(F)cccc2F)cc1. The summed E-state index contributed by atoms with van der Waals surface area (Å²) in [7, 11) is 1.61. The summed E-state index contributed by atoms with van der Waals surface area (Å²) in [6.45, 7) is 0. The number of benzene rings is 3. The first-order valence-electron chi connectivity index (χ1n) is 10.5. The molecule has 0 saturated heterocycles. The monoisotopic (exact) mass is 432 g/mol. The average molecular weight is 432 g/mol. The number of para-hydroxylation sites is 2. The smallest absolute Gasteiger partial charge is 0.163 e. The van der Waals surface area contributed by atoms with Crippen molar-refractivity contribution in [2.45, 2.75) is 24.8 Å². The minimum absolute atomic E-state index is 0.0453. The van der Waals surface area contributed by atoms with E-state index in [1.54, 1.807) is 7.11 Å². The van der Waals surface area contributed by atoms with Gasteiger partial charge in [-0.2, -0.15) is 0 Å². The molecule has 0 spiro atoms. The normalized spacial score (nSPS) is 19.9. The van der Waals surface area contributed by atoms with Crippen molar-refractivity contribution in [2.24, 2.45) is 0 Å². The summed E-state index contributed by atoms with van der Waals surface area (Å²) in [6, 6.07) is 17.9. The fourth-order valence-electron chi connectivity index (χ4n) is 4.61. The third kappa shape index (κ3) is 3.51. The number of anilines is 2. The summed E-state index contributed by atoms with van der Waals surface area (Å²) in [6.07, 6.45) is 0.813. The van der Waals surface area contributed by atoms with E-state index in [-0.39, 0.29) is 23.7 Å². The number of ether oxygens (including phenoxy) is 1. The van der Waals surface area contributed by atoms with E-state index in [0.29, 0.717) is 23.4 Å². The number of carbonyl (C=O) groups excluding carboxylic acids is 1. The molecule has 3 aromatic carbocycles. The number of hydrogen-bond acceptors (Lipinski definition) is 4. The van der Waals surface area contributed by atoms with Gasteiger partial charge in [0.15, 0.2) is 5.78 Å². The Bertz CT molecular complexity index is 1200. The Kier molecular flexibility index (Phi) is 5.13. The van der Waals surface area contributed by atoms with Crippen molar-refractivity contribution in [1.82, 2.24) is 0 Å². The number of halogens is 2. The van der Waals surface area contributed by atoms with E-state index in [1.165, 1.54) is 18.2 Å². The van der Waals surface area contributed by atoms with Crippen LogP contribution in [0.3, 0.4) is 0 Å². The third-order valence-electron chi connectivity index (χ3n) is 6.18. The summed E-state index contributed by atoms with van der Waals surface area (Å²) in [5, 5.41) is 6.60. The lowest BCUT2D eigenvalue weighted by Crippen LogP contribution is -2.28. The van der Waals surface area contributed by atoms with Gasteiger partial charge in [0.05, 0.1) is 30.1 Å². The highest BCUT2D eigenvalue weighted by Crippen LogP contribution is 2.45. The lowest BCUT2D eigenvalue weighted by Gasteiger charge is -2.30. The molecule has 1 aliphatic heterocycles. The van der Waals surface area contributed by atoms with Gasteiger partial charge in [-0.05, 0) is 54.3 Å². The zero-order valence-electron chi connectivity index (χ0n) is 17.5. The predicted molar refractivity (Wildman–Crippen MR) is 120 cm³/mol. The van der Waals surface area contributed by atoms with Gasteiger partial charge in [-0.1, -0.05) is 30.3 Å². The molecule has 0 saturated carbocycles. The number of methoxy groups -OCH3 is 1. The minimum atomic E-state index is -0.924. The van der Waals surface area contributed by atoms with E-state index in [0.717, 1.165) is 17.0 Å². The topological polar surface area (TPSA) is 50.4 Å². The third-order valence-corrected chi connectivity index (χ3v) is 6.18. The van der Waals surface area contributed by atoms with Gasteiger partial charge in [0.2, 0.25) is 0 Å². The number of nitrogens with one attached hydrogen (secondary N) is 2. The molecule has 6 heteroatoms. The second kappa shape index (κ2) is 8.11. The maximum atomic E-state index is 14.8. The second-order valence-corrected chi connectivity index (χ2v) is 8.08. The first kappa shape index (κ1) is 20.2. The summed E-state index contributed by atoms with van der Waals surface area (Å²) in [4.78, 5) is 13.4. The van der Waals surface area contributed by atoms with Crippen LogP contribution in [0, 0.1) is 11.6 Å². The van der Waals surface area contributed by atoms with E-state index in [9.17, 15) is 13.6 Å². The van der Waals surface area contributed by atoms with Crippen LogP contribution in [0.1, 0.15) is 35.9 Å². The molecular formula is C26H22F2N2O2. The van der Waals surface area contributed by atoms with Crippen molar-refractivity contribution in [3.05, 3.63) is 101 Å². The van der Waals surface area contributed by atoms with Crippen LogP contribution >= 0.6 is 0 Å². The van der Waals surface area contributed by atoms with Gasteiger partial charge in [-0.3, -0.25) is 4.79 Å². The Balaban J connectivity index is 1.62. The van der Waals surface area contributed by atoms with Gasteiger partial charge in [0.25, 0.3) is 0 Å². The Hall–Kier alpha value is -3.67. The molecule has 1 heterocycles. The van der Waals surface area contributed by atoms with E-state index in [1.807, 2.05) is 48.5 Å². The van der Waals surface area contributed by atoms with Crippen molar-refractivity contribution in [3.8, 4) is 5.75 Å². The summed E-state index contributed by atoms with van der Waals surface area (Å²) in [5.74, 6) is -0.794. The van der Waals surface area contributed by atoms with Crippen molar-refractivity contribution >= 4 is 17.2 Å². The molecule has 0 radical (unpaired) electrons. The largest absolute Gasteiger partial charge is 0.497 e. The van der Waals surface area contributed by atoms with Crippen LogP contribution in [0.25, 0.3) is 0 Å². The Morgan fingerprint density at radius 3 is 2.25 bits per heavy atom. The lowest BCUT2D eigenvalue weighted by molar-refractivity contribution is -0.116. The van der Waals surface area contributed by atoms with Gasteiger partial charge < -0.3 is 15.4 Å². The molecule has 5 rings (SSSR count). The summed E-state index contributed by atoms with van der Waals surface area (Å²) in [5.41, 5.74) is 3.40. The highest BCUT2D eigenvalue weighted by Gasteiger charge is 2.38. The zero-order valence-corrected chi connectivity index (χ0v) is 17.5. The molecule has 32 heavy (non-hydrogen) atoms. The van der Waals surface area contributed by atoms with Gasteiger partial charge in [0.1, 0.15) is 17.4 Å². The predicted octanol–water partition coefficient (Wildman–Crippen LogP) is 5.95. The molecule has 0 aromatic heterocycles. The van der Waals surface area contributed by atoms with Crippen LogP contribution in [0.5, 0.6) is 5.75 Å². The molecule has 1 aliphatic carbocycles. The summed E-state index contributed by atoms with van der Waals surface area (Å²) < 4.78 is 34.8. The molecule has 2 atom stereocenters. The number of rotatable bonds is 3. The Labute approximate surface area is 184 Å². The van der Waals surface area contributed by atoms with E-state index in [4.69, 9.17) is 4.74 Å². The number of ketones is 1. The highest BCUT2D eigenvalue weighted by molar-refractivity contribution is 6.01. The average Bonchev–Trinajstić information content (AvgIpc) is 2.96. The van der Waals surface area contributed by atoms with Crippen molar-refractivity contribution < 1.29 is 18.3 Å². The molecule has 3 aromatic rings. The van der Waals surface area contributed by atoms with Gasteiger partial charge in [-0.15, -0.1) is 0 Å². The highest BCUT2D eigenvalue weighted by atomic mass is 19.1. The molecule has 2 unspecified atom stereocenters. The second-order valence-electron chi connectivity index (χ2n) is 8.08. The molecule has 0 amide bonds. The number of Topliss-reactive ketones (excluding diaryl/α,β-unsaturated/α-hetero) is 1. The minimum Gasteiger partial charge on any atom is -0.497 e. The van der Waals surface area contributed by atoms with Crippen molar-refractivity contribution in [1.29, 1.82) is 0 Å². The standard InChI is InChI=1S/C26H22F2N2O2/c1-32-17-11-9-15(10-12-17)16-13-22-25(23(31)14-16)26(24-18(27)5-4-6-19(24)28)30-21-8-3-2-7-20(21)29-22/h2-12,16,26,29-30H,13-14H2,1H3. The van der Waals surface area contributed by atoms with Crippen LogP contribution < -0.4 is 15.4 Å². The fourth-order valence-corrected chi connectivity index (χ4v) is 4.61. The van der Waals surface area contributed by atoms with Gasteiger partial charge >= 0.3 is 0 Å². The Morgan fingerprint density at radius 1 is 0.875 bits per heavy atom. The molecular weight excluding hydrogens is 410 g/mol. The zero-order chi connectivity index (χ0) is 22.2. The lowest BCUT2D eigenvalue weighted by atomic mass is 9.78. The van der Waals surface area contributed by atoms with E-state index >= 15 is 0 Å². The molecule has 0 bridgehead atoms. The first-order valence-corrected chi connectivity index (χ1v) is 10.5. The first-order chi connectivity index (χ1) is 15.5. The van der Waals surface area contributed by atoms with E-state index in [2.05, 4.69) is 10.6 Å². The molecule has 2 N–H and O–H groups in total. The van der Waals surface area contributed by atoms with Crippen LogP contribution in [0.4, 0.5) is 20.2 Å². The fraction of sp³-hybridized carbons (Fsp3) is 0.192. The van der Waals surface area contributed by atoms with E-state index < -0.39 is 17.7 Å². The number of fused-ring (bicyclic) bond motifs is 1. The van der Waals surface area contributed by atoms with Crippen LogP contribution in [0.15, 0.2) is 78.0 Å². The van der Waals surface area contributed by atoms with Crippen LogP contribution in [-0.4, -0.2) is 12.9 Å².